The fourth-order valence-electron chi connectivity index (χ4n) is 4.88. The summed E-state index contributed by atoms with van der Waals surface area (Å²) in [5.41, 5.74) is 8.60. The van der Waals surface area contributed by atoms with Crippen molar-refractivity contribution in [1.82, 2.24) is 4.90 Å². The van der Waals surface area contributed by atoms with Crippen molar-refractivity contribution < 1.29 is 43.1 Å². The molecule has 2 aliphatic heterocycles. The van der Waals surface area contributed by atoms with E-state index < -0.39 is 29.8 Å². The lowest BCUT2D eigenvalue weighted by molar-refractivity contribution is -0.133. The van der Waals surface area contributed by atoms with E-state index in [4.69, 9.17) is 5.73 Å². The van der Waals surface area contributed by atoms with Crippen LogP contribution in [0.15, 0.2) is 36.4 Å². The highest BCUT2D eigenvalue weighted by molar-refractivity contribution is 6.23. The second-order valence-electron chi connectivity index (χ2n) is 10.3. The first-order chi connectivity index (χ1) is 19.4. The van der Waals surface area contributed by atoms with Crippen LogP contribution >= 0.6 is 0 Å². The zero-order valence-corrected chi connectivity index (χ0v) is 22.6. The molecule has 2 fully saturated rings. The Morgan fingerprint density at radius 2 is 1.17 bits per heavy atom. The number of carbonyl (C=O) groups excluding carboxylic acids is 8. The van der Waals surface area contributed by atoms with Gasteiger partial charge in [0.25, 0.3) is 11.8 Å². The molecule has 0 aromatic heterocycles. The standard InChI is InChI=1S/C15H13NO4.C9H6O3.C6H9NO2/c1-8-2-4-10-11(6-8)15(20)16(14(10)19)12-5-3-9(17)7-13(12)18;1-5-2-3-6-7(4-5)9(11)12-8(6)10;7-5-2-1-4(8)3-6(5)9/h2,4,6,12H,3,5,7H2,1H3;2-4H,1H3;5H,1-3,7H2. The molecular weight excluding hydrogens is 532 g/mol. The molecule has 212 valence electrons. The molecule has 2 atom stereocenters. The van der Waals surface area contributed by atoms with Crippen molar-refractivity contribution in [3.63, 3.8) is 0 Å². The summed E-state index contributed by atoms with van der Waals surface area (Å²) in [5.74, 6) is -2.49. The summed E-state index contributed by atoms with van der Waals surface area (Å²) in [6, 6.07) is 8.92. The zero-order valence-electron chi connectivity index (χ0n) is 22.6. The molecule has 41 heavy (non-hydrogen) atoms. The van der Waals surface area contributed by atoms with Crippen molar-refractivity contribution in [2.75, 3.05) is 0 Å². The smallest absolute Gasteiger partial charge is 0.346 e. The number of Topliss-reactive ketones (excluding diaryl/α,β-unsaturated/α-hetero) is 4. The van der Waals surface area contributed by atoms with Crippen LogP contribution in [0.4, 0.5) is 0 Å². The lowest BCUT2D eigenvalue weighted by atomic mass is 9.92. The van der Waals surface area contributed by atoms with Gasteiger partial charge in [0.1, 0.15) is 11.6 Å². The first-order valence-corrected chi connectivity index (χ1v) is 13.1. The number of amides is 2. The average molecular weight is 561 g/mol. The predicted octanol–water partition coefficient (Wildman–Crippen LogP) is 2.22. The Bertz CT molecular complexity index is 1520. The van der Waals surface area contributed by atoms with E-state index in [2.05, 4.69) is 4.74 Å². The topological polar surface area (TPSA) is 175 Å². The molecule has 4 aliphatic rings. The molecule has 2 aromatic carbocycles. The number of aryl methyl sites for hydroxylation is 2. The molecule has 2 unspecified atom stereocenters. The van der Waals surface area contributed by atoms with Crippen molar-refractivity contribution in [1.29, 1.82) is 0 Å². The Morgan fingerprint density at radius 1 is 0.659 bits per heavy atom. The number of cyclic esters (lactones) is 2. The van der Waals surface area contributed by atoms with Crippen LogP contribution in [-0.4, -0.2) is 63.9 Å². The third-order valence-corrected chi connectivity index (χ3v) is 7.14. The SMILES string of the molecule is Cc1ccc2c(c1)C(=O)N(C1CCC(=O)CC1=O)C2=O.Cc1ccc2c(c1)C(=O)OC2=O.NC1CCC(=O)CC1=O. The maximum atomic E-state index is 12.4. The van der Waals surface area contributed by atoms with Crippen LogP contribution in [0.5, 0.6) is 0 Å². The summed E-state index contributed by atoms with van der Waals surface area (Å²) in [5, 5.41) is 0. The Morgan fingerprint density at radius 3 is 1.76 bits per heavy atom. The van der Waals surface area contributed by atoms with E-state index >= 15 is 0 Å². The number of hydrogen-bond acceptors (Lipinski definition) is 10. The van der Waals surface area contributed by atoms with E-state index in [0.29, 0.717) is 35.1 Å². The van der Waals surface area contributed by atoms with Gasteiger partial charge in [-0.25, -0.2) is 9.59 Å². The fraction of sp³-hybridized carbons (Fsp3) is 0.333. The van der Waals surface area contributed by atoms with E-state index in [1.807, 2.05) is 13.8 Å². The molecule has 0 saturated heterocycles. The normalized spacial score (nSPS) is 21.5. The van der Waals surface area contributed by atoms with E-state index in [1.165, 1.54) is 0 Å². The Labute approximate surface area is 235 Å². The highest BCUT2D eigenvalue weighted by atomic mass is 16.6. The van der Waals surface area contributed by atoms with Gasteiger partial charge in [0.05, 0.1) is 47.2 Å². The number of nitrogens with two attached hydrogens (primary N) is 1. The molecule has 0 bridgehead atoms. The minimum Gasteiger partial charge on any atom is -0.386 e. The van der Waals surface area contributed by atoms with Gasteiger partial charge in [-0.2, -0.15) is 0 Å². The van der Waals surface area contributed by atoms with Gasteiger partial charge in [-0.05, 0) is 51.0 Å². The lowest BCUT2D eigenvalue weighted by Gasteiger charge is -2.27. The maximum Gasteiger partial charge on any atom is 0.346 e. The van der Waals surface area contributed by atoms with E-state index in [9.17, 15) is 38.4 Å². The first kappa shape index (κ1) is 29.3. The number of ketones is 4. The van der Waals surface area contributed by atoms with E-state index in [1.54, 1.807) is 36.4 Å². The predicted molar refractivity (Wildman–Crippen MR) is 142 cm³/mol. The van der Waals surface area contributed by atoms with Crippen molar-refractivity contribution in [2.45, 2.75) is 64.5 Å². The molecule has 0 radical (unpaired) electrons. The van der Waals surface area contributed by atoms with Gasteiger partial charge in [0.15, 0.2) is 11.6 Å². The molecular formula is C30H28N2O9. The molecule has 11 heteroatoms. The number of rotatable bonds is 1. The minimum absolute atomic E-state index is 0.0294. The largest absolute Gasteiger partial charge is 0.386 e. The summed E-state index contributed by atoms with van der Waals surface area (Å²) in [6.45, 7) is 3.70. The van der Waals surface area contributed by atoms with Crippen molar-refractivity contribution in [2.24, 2.45) is 5.73 Å². The van der Waals surface area contributed by atoms with Gasteiger partial charge in [0.2, 0.25) is 0 Å². The second kappa shape index (κ2) is 11.8. The molecule has 2 aromatic rings. The average Bonchev–Trinajstić information content (AvgIpc) is 3.33. The molecule has 6 rings (SSSR count). The van der Waals surface area contributed by atoms with Crippen molar-refractivity contribution in [3.8, 4) is 0 Å². The molecule has 2 heterocycles. The summed E-state index contributed by atoms with van der Waals surface area (Å²) in [6.07, 6.45) is 1.37. The number of carbonyl (C=O) groups is 8. The van der Waals surface area contributed by atoms with Crippen molar-refractivity contribution >= 4 is 46.9 Å². The fourth-order valence-corrected chi connectivity index (χ4v) is 4.88. The van der Waals surface area contributed by atoms with E-state index in [-0.39, 0.29) is 54.9 Å². The number of fused-ring (bicyclic) bond motifs is 2. The summed E-state index contributed by atoms with van der Waals surface area (Å²) in [7, 11) is 0. The van der Waals surface area contributed by atoms with Gasteiger partial charge < -0.3 is 10.5 Å². The van der Waals surface area contributed by atoms with Gasteiger partial charge >= 0.3 is 11.9 Å². The summed E-state index contributed by atoms with van der Waals surface area (Å²) < 4.78 is 4.41. The van der Waals surface area contributed by atoms with Crippen LogP contribution in [0.25, 0.3) is 0 Å². The third-order valence-electron chi connectivity index (χ3n) is 7.14. The number of esters is 2. The number of hydrogen-bond donors (Lipinski definition) is 1. The Balaban J connectivity index is 0.000000156. The minimum atomic E-state index is -0.791. The number of ether oxygens (including phenoxy) is 1. The van der Waals surface area contributed by atoms with Gasteiger partial charge in [-0.3, -0.25) is 33.7 Å². The summed E-state index contributed by atoms with van der Waals surface area (Å²) >= 11 is 0. The number of imide groups is 1. The number of nitrogens with zero attached hydrogens (tertiary/aromatic N) is 1. The van der Waals surface area contributed by atoms with Gasteiger partial charge in [-0.15, -0.1) is 0 Å². The monoisotopic (exact) mass is 560 g/mol. The molecule has 2 aliphatic carbocycles. The van der Waals surface area contributed by atoms with E-state index in [0.717, 1.165) is 16.0 Å². The zero-order chi connectivity index (χ0) is 30.0. The number of benzene rings is 2. The van der Waals surface area contributed by atoms with Crippen LogP contribution in [0.3, 0.4) is 0 Å². The molecule has 2 N–H and O–H groups in total. The first-order valence-electron chi connectivity index (χ1n) is 13.1. The molecule has 2 saturated carbocycles. The van der Waals surface area contributed by atoms with Crippen LogP contribution in [-0.2, 0) is 23.9 Å². The second-order valence-corrected chi connectivity index (χ2v) is 10.3. The van der Waals surface area contributed by atoms with Gasteiger partial charge in [0, 0.05) is 12.8 Å². The van der Waals surface area contributed by atoms with Crippen LogP contribution < -0.4 is 5.73 Å². The third kappa shape index (κ3) is 6.25. The molecule has 11 nitrogen and oxygen atoms in total. The lowest BCUT2D eigenvalue weighted by Crippen LogP contribution is -2.47. The Kier molecular flexibility index (Phi) is 8.48. The highest BCUT2D eigenvalue weighted by Gasteiger charge is 2.44. The maximum absolute atomic E-state index is 12.4. The highest BCUT2D eigenvalue weighted by Crippen LogP contribution is 2.29. The van der Waals surface area contributed by atoms with Crippen molar-refractivity contribution in [3.05, 3.63) is 69.8 Å². The Hall–Kier alpha value is -4.64. The van der Waals surface area contributed by atoms with Crippen LogP contribution in [0.1, 0.15) is 91.1 Å². The van der Waals surface area contributed by atoms with Crippen LogP contribution in [0, 0.1) is 13.8 Å². The molecule has 0 spiro atoms. The quantitative estimate of drug-likeness (QED) is 0.309. The summed E-state index contributed by atoms with van der Waals surface area (Å²) in [4.78, 5) is 92.0. The van der Waals surface area contributed by atoms with Crippen LogP contribution in [0.2, 0.25) is 0 Å². The molecule has 2 amide bonds. The van der Waals surface area contributed by atoms with Gasteiger partial charge in [-0.1, -0.05) is 23.3 Å².